The first-order valence-corrected chi connectivity index (χ1v) is 11.7. The Morgan fingerprint density at radius 2 is 1.83 bits per heavy atom. The summed E-state index contributed by atoms with van der Waals surface area (Å²) in [6.45, 7) is 4.07. The van der Waals surface area contributed by atoms with Gasteiger partial charge in [0.2, 0.25) is 0 Å². The Morgan fingerprint density at radius 3 is 2.46 bits per heavy atom. The van der Waals surface area contributed by atoms with Crippen LogP contribution in [0.1, 0.15) is 58.3 Å². The van der Waals surface area contributed by atoms with Crippen LogP contribution in [0.15, 0.2) is 0 Å². The fraction of sp³-hybridized carbons (Fsp3) is 1.00. The van der Waals surface area contributed by atoms with Gasteiger partial charge in [0.05, 0.1) is 18.0 Å². The van der Waals surface area contributed by atoms with E-state index in [4.69, 9.17) is 4.74 Å². The molecule has 1 saturated carbocycles. The van der Waals surface area contributed by atoms with Crippen molar-refractivity contribution in [2.45, 2.75) is 81.8 Å². The van der Waals surface area contributed by atoms with Crippen molar-refractivity contribution >= 4 is 9.84 Å². The maximum Gasteiger partial charge on any atom is 0.150 e. The number of hydrogen-bond donors (Lipinski definition) is 2. The Hall–Kier alpha value is -0.170. The van der Waals surface area contributed by atoms with Crippen molar-refractivity contribution in [3.63, 3.8) is 0 Å². The Bertz CT molecular complexity index is 496. The molecule has 0 bridgehead atoms. The highest BCUT2D eigenvalue weighted by Gasteiger charge is 2.34. The minimum atomic E-state index is -2.86. The number of piperidine rings is 1. The van der Waals surface area contributed by atoms with E-state index in [1.165, 1.54) is 31.9 Å². The molecule has 4 atom stereocenters. The number of rotatable bonds is 5. The monoisotopic (exact) mass is 358 g/mol. The van der Waals surface area contributed by atoms with Gasteiger partial charge in [0.15, 0.2) is 0 Å². The van der Waals surface area contributed by atoms with Crippen molar-refractivity contribution in [3.8, 4) is 0 Å². The minimum Gasteiger partial charge on any atom is -0.381 e. The summed E-state index contributed by atoms with van der Waals surface area (Å²) < 4.78 is 29.0. The molecule has 140 valence electrons. The van der Waals surface area contributed by atoms with Crippen molar-refractivity contribution in [1.82, 2.24) is 10.6 Å². The molecular weight excluding hydrogens is 324 g/mol. The molecule has 0 aromatic rings. The van der Waals surface area contributed by atoms with Crippen LogP contribution in [0.25, 0.3) is 0 Å². The molecule has 0 spiro atoms. The summed E-state index contributed by atoms with van der Waals surface area (Å²) in [6.07, 6.45) is 10.4. The molecule has 3 fully saturated rings. The summed E-state index contributed by atoms with van der Waals surface area (Å²) in [4.78, 5) is 0. The molecule has 0 aromatic heterocycles. The first kappa shape index (κ1) is 18.6. The zero-order chi connectivity index (χ0) is 17.2. The topological polar surface area (TPSA) is 67.4 Å². The SMILES string of the molecule is C[C@H](NC1CCCC(C2CCC(S(C)(=O)=O)CC2)N1)C1CCOC1. The van der Waals surface area contributed by atoms with Crippen LogP contribution in [0, 0.1) is 11.8 Å². The van der Waals surface area contributed by atoms with Crippen LogP contribution < -0.4 is 10.6 Å². The maximum absolute atomic E-state index is 11.7. The van der Waals surface area contributed by atoms with Crippen LogP contribution >= 0.6 is 0 Å². The number of hydrogen-bond acceptors (Lipinski definition) is 5. The molecule has 2 saturated heterocycles. The van der Waals surface area contributed by atoms with Crippen LogP contribution in [0.5, 0.6) is 0 Å². The van der Waals surface area contributed by atoms with Crippen molar-refractivity contribution in [3.05, 3.63) is 0 Å². The number of sulfone groups is 1. The van der Waals surface area contributed by atoms with Crippen LogP contribution in [0.4, 0.5) is 0 Å². The largest absolute Gasteiger partial charge is 0.381 e. The van der Waals surface area contributed by atoms with E-state index in [9.17, 15) is 8.42 Å². The quantitative estimate of drug-likeness (QED) is 0.787. The fourth-order valence-electron chi connectivity index (χ4n) is 4.79. The molecule has 0 amide bonds. The first-order valence-electron chi connectivity index (χ1n) is 9.72. The molecule has 2 heterocycles. The molecule has 2 N–H and O–H groups in total. The standard InChI is InChI=1S/C18H34N2O3S/c1-13(15-10-11-23-12-15)19-18-5-3-4-17(20-18)14-6-8-16(9-7-14)24(2,21)22/h13-20H,3-12H2,1-2H3/t13-,14?,15?,16?,17?,18?/m0/s1. The lowest BCUT2D eigenvalue weighted by Gasteiger charge is -2.40. The highest BCUT2D eigenvalue weighted by atomic mass is 32.2. The van der Waals surface area contributed by atoms with E-state index in [0.29, 0.717) is 30.1 Å². The maximum atomic E-state index is 11.7. The third kappa shape index (κ3) is 4.71. The van der Waals surface area contributed by atoms with Gasteiger partial charge in [-0.05, 0) is 70.1 Å². The number of ether oxygens (including phenoxy) is 1. The van der Waals surface area contributed by atoms with E-state index in [1.54, 1.807) is 0 Å². The second-order valence-corrected chi connectivity index (χ2v) is 10.5. The lowest BCUT2D eigenvalue weighted by atomic mass is 9.80. The summed E-state index contributed by atoms with van der Waals surface area (Å²) in [7, 11) is -2.86. The Balaban J connectivity index is 1.47. The van der Waals surface area contributed by atoms with E-state index in [2.05, 4.69) is 17.6 Å². The highest BCUT2D eigenvalue weighted by Crippen LogP contribution is 2.33. The van der Waals surface area contributed by atoms with Gasteiger partial charge in [0, 0.05) is 24.9 Å². The van der Waals surface area contributed by atoms with Gasteiger partial charge in [-0.25, -0.2) is 8.42 Å². The molecule has 3 aliphatic rings. The van der Waals surface area contributed by atoms with Gasteiger partial charge >= 0.3 is 0 Å². The van der Waals surface area contributed by atoms with Crippen LogP contribution in [0.3, 0.4) is 0 Å². The second kappa shape index (κ2) is 8.02. The predicted octanol–water partition coefficient (Wildman–Crippen LogP) is 2.07. The third-order valence-electron chi connectivity index (χ3n) is 6.45. The van der Waals surface area contributed by atoms with Crippen molar-refractivity contribution in [2.24, 2.45) is 11.8 Å². The minimum absolute atomic E-state index is 0.103. The van der Waals surface area contributed by atoms with Gasteiger partial charge in [0.1, 0.15) is 9.84 Å². The van der Waals surface area contributed by atoms with Gasteiger partial charge in [-0.1, -0.05) is 0 Å². The molecule has 24 heavy (non-hydrogen) atoms. The van der Waals surface area contributed by atoms with Crippen LogP contribution in [-0.4, -0.2) is 51.4 Å². The number of nitrogens with one attached hydrogen (secondary N) is 2. The van der Waals surface area contributed by atoms with Crippen molar-refractivity contribution < 1.29 is 13.2 Å². The van der Waals surface area contributed by atoms with Gasteiger partial charge in [-0.15, -0.1) is 0 Å². The molecule has 1 aliphatic carbocycles. The fourth-order valence-corrected chi connectivity index (χ4v) is 5.92. The molecule has 0 radical (unpaired) electrons. The summed E-state index contributed by atoms with van der Waals surface area (Å²) in [6, 6.07) is 1.04. The van der Waals surface area contributed by atoms with E-state index in [-0.39, 0.29) is 5.25 Å². The highest BCUT2D eigenvalue weighted by molar-refractivity contribution is 7.91. The zero-order valence-electron chi connectivity index (χ0n) is 15.2. The summed E-state index contributed by atoms with van der Waals surface area (Å²) >= 11 is 0. The third-order valence-corrected chi connectivity index (χ3v) is 8.14. The molecule has 6 heteroatoms. The molecule has 5 nitrogen and oxygen atoms in total. The summed E-state index contributed by atoms with van der Waals surface area (Å²) in [5, 5.41) is 7.50. The van der Waals surface area contributed by atoms with Crippen molar-refractivity contribution in [1.29, 1.82) is 0 Å². The van der Waals surface area contributed by atoms with E-state index in [0.717, 1.165) is 38.9 Å². The first-order chi connectivity index (χ1) is 11.4. The average Bonchev–Trinajstić information content (AvgIpc) is 3.09. The van der Waals surface area contributed by atoms with Gasteiger partial charge in [-0.3, -0.25) is 10.6 Å². The normalized spacial score (nSPS) is 39.7. The van der Waals surface area contributed by atoms with Gasteiger partial charge < -0.3 is 4.74 Å². The summed E-state index contributed by atoms with van der Waals surface area (Å²) in [5.41, 5.74) is 0. The van der Waals surface area contributed by atoms with E-state index >= 15 is 0 Å². The zero-order valence-corrected chi connectivity index (χ0v) is 16.0. The van der Waals surface area contributed by atoms with Crippen LogP contribution in [0.2, 0.25) is 0 Å². The predicted molar refractivity (Wildman–Crippen MR) is 96.7 cm³/mol. The van der Waals surface area contributed by atoms with E-state index in [1.807, 2.05) is 0 Å². The lowest BCUT2D eigenvalue weighted by Crippen LogP contribution is -2.56. The second-order valence-electron chi connectivity index (χ2n) is 8.20. The smallest absolute Gasteiger partial charge is 0.150 e. The van der Waals surface area contributed by atoms with Gasteiger partial charge in [0.25, 0.3) is 0 Å². The van der Waals surface area contributed by atoms with Gasteiger partial charge in [-0.2, -0.15) is 0 Å². The Kier molecular flexibility index (Phi) is 6.22. The van der Waals surface area contributed by atoms with E-state index < -0.39 is 9.84 Å². The molecule has 3 rings (SSSR count). The molecule has 3 unspecified atom stereocenters. The van der Waals surface area contributed by atoms with Crippen LogP contribution in [-0.2, 0) is 14.6 Å². The average molecular weight is 359 g/mol. The summed E-state index contributed by atoms with van der Waals surface area (Å²) in [5.74, 6) is 1.27. The van der Waals surface area contributed by atoms with Crippen molar-refractivity contribution in [2.75, 3.05) is 19.5 Å². The lowest BCUT2D eigenvalue weighted by molar-refractivity contribution is 0.158. The molecule has 2 aliphatic heterocycles. The molecular formula is C18H34N2O3S. The Labute approximate surface area is 147 Å². The molecule has 0 aromatic carbocycles. The Morgan fingerprint density at radius 1 is 1.08 bits per heavy atom.